The van der Waals surface area contributed by atoms with Gasteiger partial charge < -0.3 is 10.5 Å². The van der Waals surface area contributed by atoms with E-state index in [1.54, 1.807) is 11.3 Å². The van der Waals surface area contributed by atoms with Gasteiger partial charge in [-0.2, -0.15) is 0 Å². The predicted molar refractivity (Wildman–Crippen MR) is 118 cm³/mol. The van der Waals surface area contributed by atoms with E-state index in [2.05, 4.69) is 44.2 Å². The molecule has 2 aromatic carbocycles. The first-order valence-corrected chi connectivity index (χ1v) is 10.9. The summed E-state index contributed by atoms with van der Waals surface area (Å²) in [5.41, 5.74) is 13.2. The van der Waals surface area contributed by atoms with Crippen LogP contribution in [-0.4, -0.2) is 11.6 Å². The number of rotatable bonds is 6. The molecule has 3 nitrogen and oxygen atoms in total. The van der Waals surface area contributed by atoms with Crippen LogP contribution in [0.5, 0.6) is 5.75 Å². The van der Waals surface area contributed by atoms with Crippen LogP contribution < -0.4 is 10.5 Å². The number of nitrogens with two attached hydrogens (primary N) is 1. The second-order valence-electron chi connectivity index (χ2n) is 7.70. The molecule has 0 unspecified atom stereocenters. The Morgan fingerprint density at radius 1 is 1.18 bits per heavy atom. The Kier molecular flexibility index (Phi) is 5.40. The monoisotopic (exact) mass is 392 g/mol. The van der Waals surface area contributed by atoms with Gasteiger partial charge >= 0.3 is 0 Å². The summed E-state index contributed by atoms with van der Waals surface area (Å²) in [4.78, 5) is 6.09. The first-order valence-electron chi connectivity index (χ1n) is 10.1. The molecule has 1 aliphatic rings. The van der Waals surface area contributed by atoms with Crippen LogP contribution >= 0.6 is 11.3 Å². The van der Waals surface area contributed by atoms with Crippen LogP contribution in [0.3, 0.4) is 0 Å². The van der Waals surface area contributed by atoms with Crippen LogP contribution in [0, 0.1) is 13.8 Å². The number of benzene rings is 2. The number of hydrogen-bond donors (Lipinski definition) is 1. The normalized spacial score (nSPS) is 15.6. The van der Waals surface area contributed by atoms with Crippen molar-refractivity contribution in [2.45, 2.75) is 52.4 Å². The molecule has 1 heterocycles. The molecule has 2 N–H and O–H groups in total. The van der Waals surface area contributed by atoms with Gasteiger partial charge in [-0.1, -0.05) is 25.1 Å². The van der Waals surface area contributed by atoms with E-state index in [9.17, 15) is 0 Å². The molecule has 0 saturated carbocycles. The zero-order valence-electron chi connectivity index (χ0n) is 16.9. The Balaban J connectivity index is 1.41. The molecule has 0 spiro atoms. The fraction of sp³-hybridized carbons (Fsp3) is 0.375. The van der Waals surface area contributed by atoms with E-state index >= 15 is 0 Å². The third-order valence-electron chi connectivity index (χ3n) is 5.84. The fourth-order valence-electron chi connectivity index (χ4n) is 4.02. The third-order valence-corrected chi connectivity index (χ3v) is 6.90. The summed E-state index contributed by atoms with van der Waals surface area (Å²) in [6, 6.07) is 12.8. The first-order chi connectivity index (χ1) is 13.5. The smallest absolute Gasteiger partial charge is 0.123 e. The van der Waals surface area contributed by atoms with Crippen molar-refractivity contribution in [1.82, 2.24) is 4.98 Å². The van der Waals surface area contributed by atoms with E-state index in [0.717, 1.165) is 45.6 Å². The van der Waals surface area contributed by atoms with Crippen LogP contribution in [-0.2, 0) is 12.8 Å². The molecular formula is C24H28N2OS. The van der Waals surface area contributed by atoms with Crippen molar-refractivity contribution < 1.29 is 4.74 Å². The van der Waals surface area contributed by atoms with Crippen molar-refractivity contribution in [3.8, 4) is 16.3 Å². The van der Waals surface area contributed by atoms with E-state index in [0.29, 0.717) is 6.61 Å². The zero-order valence-corrected chi connectivity index (χ0v) is 17.7. The van der Waals surface area contributed by atoms with Gasteiger partial charge in [0.1, 0.15) is 10.8 Å². The Hall–Kier alpha value is -2.33. The van der Waals surface area contributed by atoms with Gasteiger partial charge in [-0.3, -0.25) is 0 Å². The second-order valence-corrected chi connectivity index (χ2v) is 8.90. The van der Waals surface area contributed by atoms with Crippen LogP contribution in [0.25, 0.3) is 10.6 Å². The largest absolute Gasteiger partial charge is 0.493 e. The zero-order chi connectivity index (χ0) is 19.7. The number of ether oxygens (including phenoxy) is 1. The molecule has 0 saturated heterocycles. The Labute approximate surface area is 171 Å². The summed E-state index contributed by atoms with van der Waals surface area (Å²) in [7, 11) is 0. The Morgan fingerprint density at radius 3 is 2.82 bits per heavy atom. The molecular weight excluding hydrogens is 364 g/mol. The molecule has 0 bridgehead atoms. The number of anilines is 1. The first kappa shape index (κ1) is 19.0. The van der Waals surface area contributed by atoms with Gasteiger partial charge in [0.2, 0.25) is 0 Å². The molecule has 4 rings (SSSR count). The van der Waals surface area contributed by atoms with Crippen LogP contribution in [0.15, 0.2) is 36.4 Å². The van der Waals surface area contributed by atoms with Gasteiger partial charge in [-0.15, -0.1) is 11.3 Å². The Morgan fingerprint density at radius 2 is 2.04 bits per heavy atom. The van der Waals surface area contributed by atoms with E-state index < -0.39 is 0 Å². The summed E-state index contributed by atoms with van der Waals surface area (Å²) < 4.78 is 6.05. The quantitative estimate of drug-likeness (QED) is 0.518. The molecule has 4 heteroatoms. The molecule has 3 aromatic rings. The van der Waals surface area contributed by atoms with Gasteiger partial charge in [0, 0.05) is 22.5 Å². The van der Waals surface area contributed by atoms with Crippen LogP contribution in [0.1, 0.15) is 52.9 Å². The maximum Gasteiger partial charge on any atom is 0.123 e. The molecule has 1 aliphatic carbocycles. The molecule has 0 fully saturated rings. The lowest BCUT2D eigenvalue weighted by atomic mass is 9.99. The van der Waals surface area contributed by atoms with Crippen molar-refractivity contribution in [1.29, 1.82) is 0 Å². The summed E-state index contributed by atoms with van der Waals surface area (Å²) in [5.74, 6) is 1.71. The lowest BCUT2D eigenvalue weighted by Crippen LogP contribution is -2.03. The summed E-state index contributed by atoms with van der Waals surface area (Å²) in [6.07, 6.45) is 4.50. The topological polar surface area (TPSA) is 48.1 Å². The minimum Gasteiger partial charge on any atom is -0.493 e. The number of nitrogen functional groups attached to an aromatic ring is 1. The van der Waals surface area contributed by atoms with Gasteiger partial charge in [-0.25, -0.2) is 4.98 Å². The number of hydrogen-bond acceptors (Lipinski definition) is 4. The highest BCUT2D eigenvalue weighted by molar-refractivity contribution is 7.15. The maximum absolute atomic E-state index is 6.06. The van der Waals surface area contributed by atoms with Gasteiger partial charge in [0.15, 0.2) is 0 Å². The van der Waals surface area contributed by atoms with Crippen molar-refractivity contribution in [3.05, 3.63) is 63.7 Å². The average Bonchev–Trinajstić information content (AvgIpc) is 3.27. The molecule has 1 atom stereocenters. The van der Waals surface area contributed by atoms with E-state index in [1.807, 2.05) is 13.0 Å². The van der Waals surface area contributed by atoms with Crippen LogP contribution in [0.2, 0.25) is 0 Å². The fourth-order valence-corrected chi connectivity index (χ4v) is 4.97. The van der Waals surface area contributed by atoms with E-state index in [4.69, 9.17) is 15.5 Å². The Bertz CT molecular complexity index is 992. The third kappa shape index (κ3) is 3.79. The highest BCUT2D eigenvalue weighted by atomic mass is 32.1. The minimum atomic E-state index is 0.649. The summed E-state index contributed by atoms with van der Waals surface area (Å²) >= 11 is 1.73. The molecule has 0 aliphatic heterocycles. The molecule has 28 heavy (non-hydrogen) atoms. The predicted octanol–water partition coefficient (Wildman–Crippen LogP) is 6.07. The molecule has 0 amide bonds. The maximum atomic E-state index is 6.06. The van der Waals surface area contributed by atoms with Crippen molar-refractivity contribution in [3.63, 3.8) is 0 Å². The SMILES string of the molecule is CC[C@@H]1CCc2cc(OCCc3nc(-c4ccc(C)c(N)c4)sc3C)ccc21. The van der Waals surface area contributed by atoms with Crippen molar-refractivity contribution >= 4 is 17.0 Å². The number of thiazole rings is 1. The number of aryl methyl sites for hydroxylation is 3. The molecule has 146 valence electrons. The van der Waals surface area contributed by atoms with Gasteiger partial charge in [0.25, 0.3) is 0 Å². The minimum absolute atomic E-state index is 0.649. The van der Waals surface area contributed by atoms with Crippen molar-refractivity contribution in [2.24, 2.45) is 0 Å². The highest BCUT2D eigenvalue weighted by Gasteiger charge is 2.21. The number of aromatic nitrogens is 1. The standard InChI is InChI=1S/C24H28N2OS/c1-4-17-7-8-18-13-20(9-10-21(17)18)27-12-11-23-16(3)28-24(26-23)19-6-5-15(2)22(25)14-19/h5-6,9-10,13-14,17H,4,7-8,11-12,25H2,1-3H3/t17-/m1/s1. The van der Waals surface area contributed by atoms with Crippen LogP contribution in [0.4, 0.5) is 5.69 Å². The summed E-state index contributed by atoms with van der Waals surface area (Å²) in [6.45, 7) is 7.08. The van der Waals surface area contributed by atoms with Crippen molar-refractivity contribution in [2.75, 3.05) is 12.3 Å². The lowest BCUT2D eigenvalue weighted by Gasteiger charge is -2.10. The molecule has 1 aromatic heterocycles. The summed E-state index contributed by atoms with van der Waals surface area (Å²) in [5, 5.41) is 1.03. The lowest BCUT2D eigenvalue weighted by molar-refractivity contribution is 0.320. The van der Waals surface area contributed by atoms with E-state index in [1.165, 1.54) is 35.3 Å². The number of fused-ring (bicyclic) bond motifs is 1. The highest BCUT2D eigenvalue weighted by Crippen LogP contribution is 2.37. The van der Waals surface area contributed by atoms with Gasteiger partial charge in [-0.05, 0) is 73.9 Å². The second kappa shape index (κ2) is 7.96. The average molecular weight is 393 g/mol. The molecule has 0 radical (unpaired) electrons. The van der Waals surface area contributed by atoms with E-state index in [-0.39, 0.29) is 0 Å². The number of nitrogens with zero attached hydrogens (tertiary/aromatic N) is 1. The van der Waals surface area contributed by atoms with Gasteiger partial charge in [0.05, 0.1) is 12.3 Å².